The van der Waals surface area contributed by atoms with Crippen LogP contribution in [0.3, 0.4) is 0 Å². The highest BCUT2D eigenvalue weighted by molar-refractivity contribution is 5.95. The average molecular weight is 250 g/mol. The number of hydrogen-bond donors (Lipinski definition) is 2. The van der Waals surface area contributed by atoms with Crippen LogP contribution in [0.4, 0.5) is 5.69 Å². The van der Waals surface area contributed by atoms with Gasteiger partial charge in [0.05, 0.1) is 25.3 Å². The van der Waals surface area contributed by atoms with E-state index in [0.717, 1.165) is 5.56 Å². The molecule has 1 unspecified atom stereocenters. The Labute approximate surface area is 106 Å². The molecule has 5 heteroatoms. The quantitative estimate of drug-likeness (QED) is 0.832. The van der Waals surface area contributed by atoms with Crippen molar-refractivity contribution in [1.29, 1.82) is 0 Å². The molecular formula is C13H18N2O3. The zero-order valence-corrected chi connectivity index (χ0v) is 10.4. The minimum atomic E-state index is -0.107. The lowest BCUT2D eigenvalue weighted by Crippen LogP contribution is -2.33. The van der Waals surface area contributed by atoms with Gasteiger partial charge in [-0.05, 0) is 24.6 Å². The lowest BCUT2D eigenvalue weighted by Gasteiger charge is -2.22. The van der Waals surface area contributed by atoms with E-state index in [0.29, 0.717) is 24.5 Å². The SMILES string of the molecule is CC(N)c1ccc2c(c1)N(CCO)C(=O)CCO2. The number of carbonyl (C=O) groups is 1. The van der Waals surface area contributed by atoms with Gasteiger partial charge in [-0.2, -0.15) is 0 Å². The molecule has 0 aromatic heterocycles. The summed E-state index contributed by atoms with van der Waals surface area (Å²) in [5.74, 6) is 0.628. The first kappa shape index (κ1) is 12.9. The number of anilines is 1. The van der Waals surface area contributed by atoms with E-state index in [-0.39, 0.29) is 25.1 Å². The second-order valence-corrected chi connectivity index (χ2v) is 4.38. The van der Waals surface area contributed by atoms with Crippen LogP contribution >= 0.6 is 0 Å². The van der Waals surface area contributed by atoms with Gasteiger partial charge >= 0.3 is 0 Å². The van der Waals surface area contributed by atoms with E-state index in [1.54, 1.807) is 4.90 Å². The van der Waals surface area contributed by atoms with Crippen LogP contribution in [0.25, 0.3) is 0 Å². The highest BCUT2D eigenvalue weighted by Crippen LogP contribution is 2.33. The van der Waals surface area contributed by atoms with Gasteiger partial charge in [0.2, 0.25) is 5.91 Å². The van der Waals surface area contributed by atoms with Gasteiger partial charge in [-0.15, -0.1) is 0 Å². The molecule has 3 N–H and O–H groups in total. The fourth-order valence-electron chi connectivity index (χ4n) is 2.01. The van der Waals surface area contributed by atoms with Gasteiger partial charge in [0.15, 0.2) is 0 Å². The highest BCUT2D eigenvalue weighted by Gasteiger charge is 2.23. The molecule has 0 fully saturated rings. The molecule has 1 aromatic carbocycles. The van der Waals surface area contributed by atoms with Gasteiger partial charge in [0.1, 0.15) is 5.75 Å². The van der Waals surface area contributed by atoms with Crippen molar-refractivity contribution < 1.29 is 14.6 Å². The maximum atomic E-state index is 12.0. The standard InChI is InChI=1S/C13H18N2O3/c1-9(14)10-2-3-12-11(8-10)15(5-6-16)13(17)4-7-18-12/h2-3,8-9,16H,4-7,14H2,1H3. The van der Waals surface area contributed by atoms with Gasteiger partial charge in [0, 0.05) is 12.6 Å². The number of nitrogens with zero attached hydrogens (tertiary/aromatic N) is 1. The first-order valence-electron chi connectivity index (χ1n) is 6.07. The van der Waals surface area contributed by atoms with Crippen molar-refractivity contribution in [3.05, 3.63) is 23.8 Å². The van der Waals surface area contributed by atoms with Crippen LogP contribution in [0.1, 0.15) is 24.9 Å². The zero-order valence-electron chi connectivity index (χ0n) is 10.4. The summed E-state index contributed by atoms with van der Waals surface area (Å²) >= 11 is 0. The lowest BCUT2D eigenvalue weighted by atomic mass is 10.1. The van der Waals surface area contributed by atoms with Gasteiger partial charge in [-0.25, -0.2) is 0 Å². The summed E-state index contributed by atoms with van der Waals surface area (Å²) in [6.45, 7) is 2.45. The maximum Gasteiger partial charge on any atom is 0.230 e. The number of aliphatic hydroxyl groups excluding tert-OH is 1. The number of amides is 1. The Morgan fingerprint density at radius 1 is 1.56 bits per heavy atom. The number of nitrogens with two attached hydrogens (primary N) is 1. The summed E-state index contributed by atoms with van der Waals surface area (Å²) in [5.41, 5.74) is 7.48. The molecule has 5 nitrogen and oxygen atoms in total. The van der Waals surface area contributed by atoms with Crippen LogP contribution in [0.15, 0.2) is 18.2 Å². The number of ether oxygens (including phenoxy) is 1. The number of fused-ring (bicyclic) bond motifs is 1. The first-order valence-corrected chi connectivity index (χ1v) is 6.07. The maximum absolute atomic E-state index is 12.0. The summed E-state index contributed by atoms with van der Waals surface area (Å²) in [7, 11) is 0. The minimum absolute atomic E-state index is 0.0374. The predicted molar refractivity (Wildman–Crippen MR) is 68.6 cm³/mol. The summed E-state index contributed by atoms with van der Waals surface area (Å²) in [6.07, 6.45) is 0.322. The Bertz CT molecular complexity index is 446. The van der Waals surface area contributed by atoms with E-state index in [1.165, 1.54) is 0 Å². The molecule has 1 aromatic rings. The van der Waals surface area contributed by atoms with Crippen molar-refractivity contribution in [3.8, 4) is 5.75 Å². The number of hydrogen-bond acceptors (Lipinski definition) is 4. The lowest BCUT2D eigenvalue weighted by molar-refractivity contribution is -0.118. The molecule has 1 atom stereocenters. The van der Waals surface area contributed by atoms with Crippen LogP contribution in [0.5, 0.6) is 5.75 Å². The molecule has 2 rings (SSSR count). The fraction of sp³-hybridized carbons (Fsp3) is 0.462. The number of benzene rings is 1. The Morgan fingerprint density at radius 3 is 3.00 bits per heavy atom. The highest BCUT2D eigenvalue weighted by atomic mass is 16.5. The van der Waals surface area contributed by atoms with Crippen molar-refractivity contribution in [2.24, 2.45) is 5.73 Å². The molecule has 98 valence electrons. The van der Waals surface area contributed by atoms with E-state index in [2.05, 4.69) is 0 Å². The van der Waals surface area contributed by atoms with E-state index in [1.807, 2.05) is 25.1 Å². The van der Waals surface area contributed by atoms with Crippen LogP contribution in [0.2, 0.25) is 0 Å². The van der Waals surface area contributed by atoms with Crippen LogP contribution in [-0.2, 0) is 4.79 Å². The Morgan fingerprint density at radius 2 is 2.33 bits per heavy atom. The largest absolute Gasteiger partial charge is 0.491 e. The Hall–Kier alpha value is -1.59. The van der Waals surface area contributed by atoms with Crippen molar-refractivity contribution in [3.63, 3.8) is 0 Å². The van der Waals surface area contributed by atoms with Crippen LogP contribution < -0.4 is 15.4 Å². The van der Waals surface area contributed by atoms with Crippen molar-refractivity contribution in [2.45, 2.75) is 19.4 Å². The number of carbonyl (C=O) groups excluding carboxylic acids is 1. The van der Waals surface area contributed by atoms with Gasteiger partial charge < -0.3 is 20.5 Å². The molecule has 0 aliphatic carbocycles. The third-order valence-corrected chi connectivity index (χ3v) is 3.00. The zero-order chi connectivity index (χ0) is 13.1. The third-order valence-electron chi connectivity index (χ3n) is 3.00. The van der Waals surface area contributed by atoms with Gasteiger partial charge in [-0.3, -0.25) is 4.79 Å². The van der Waals surface area contributed by atoms with E-state index >= 15 is 0 Å². The number of β-amino-alcohol motifs (C(OH)–C–C–N with tert-alkyl or cyclic N) is 1. The first-order chi connectivity index (χ1) is 8.63. The summed E-state index contributed by atoms with van der Waals surface area (Å²) in [4.78, 5) is 13.5. The number of rotatable bonds is 3. The predicted octanol–water partition coefficient (Wildman–Crippen LogP) is 0.814. The monoisotopic (exact) mass is 250 g/mol. The molecule has 0 radical (unpaired) electrons. The average Bonchev–Trinajstić information content (AvgIpc) is 2.50. The molecule has 1 amide bonds. The molecule has 1 aliphatic heterocycles. The van der Waals surface area contributed by atoms with Crippen molar-refractivity contribution >= 4 is 11.6 Å². The van der Waals surface area contributed by atoms with Gasteiger partial charge in [-0.1, -0.05) is 6.07 Å². The molecule has 18 heavy (non-hydrogen) atoms. The Kier molecular flexibility index (Phi) is 3.84. The van der Waals surface area contributed by atoms with E-state index < -0.39 is 0 Å². The number of aliphatic hydroxyl groups is 1. The normalized spacial score (nSPS) is 16.8. The molecule has 0 saturated carbocycles. The topological polar surface area (TPSA) is 75.8 Å². The Balaban J connectivity index is 2.44. The molecule has 1 heterocycles. The summed E-state index contributed by atoms with van der Waals surface area (Å²) < 4.78 is 5.55. The van der Waals surface area contributed by atoms with Gasteiger partial charge in [0.25, 0.3) is 0 Å². The molecule has 0 saturated heterocycles. The smallest absolute Gasteiger partial charge is 0.230 e. The second-order valence-electron chi connectivity index (χ2n) is 4.38. The van der Waals surface area contributed by atoms with E-state index in [9.17, 15) is 4.79 Å². The molecule has 0 spiro atoms. The molecular weight excluding hydrogens is 232 g/mol. The van der Waals surface area contributed by atoms with Crippen molar-refractivity contribution in [2.75, 3.05) is 24.7 Å². The van der Waals surface area contributed by atoms with Crippen LogP contribution in [-0.4, -0.2) is 30.8 Å². The molecule has 1 aliphatic rings. The second kappa shape index (κ2) is 5.37. The van der Waals surface area contributed by atoms with Crippen LogP contribution in [0, 0.1) is 0 Å². The van der Waals surface area contributed by atoms with E-state index in [4.69, 9.17) is 15.6 Å². The van der Waals surface area contributed by atoms with Crippen molar-refractivity contribution in [1.82, 2.24) is 0 Å². The summed E-state index contributed by atoms with van der Waals surface area (Å²) in [5, 5.41) is 9.07. The third kappa shape index (κ3) is 2.47. The summed E-state index contributed by atoms with van der Waals surface area (Å²) in [6, 6.07) is 5.48. The molecule has 0 bridgehead atoms. The minimum Gasteiger partial charge on any atom is -0.491 e. The fourth-order valence-corrected chi connectivity index (χ4v) is 2.01.